The summed E-state index contributed by atoms with van der Waals surface area (Å²) < 4.78 is 3.13. The fourth-order valence-electron chi connectivity index (χ4n) is 1.75. The largest absolute Gasteiger partial charge is 0.345 e. The second-order valence-corrected chi connectivity index (χ2v) is 3.44. The lowest BCUT2D eigenvalue weighted by molar-refractivity contribution is 0.511. The van der Waals surface area contributed by atoms with Crippen LogP contribution in [0.3, 0.4) is 0 Å². The van der Waals surface area contributed by atoms with E-state index in [0.29, 0.717) is 13.0 Å². The second-order valence-electron chi connectivity index (χ2n) is 3.44. The SMILES string of the molecule is N#CCCn1nc2n(c1=O)CCCC2. The quantitative estimate of drug-likeness (QED) is 0.676. The van der Waals surface area contributed by atoms with Crippen molar-refractivity contribution >= 4 is 0 Å². The Morgan fingerprint density at radius 1 is 1.50 bits per heavy atom. The summed E-state index contributed by atoms with van der Waals surface area (Å²) in [6.45, 7) is 1.19. The summed E-state index contributed by atoms with van der Waals surface area (Å²) in [5.74, 6) is 0.874. The Balaban J connectivity index is 2.30. The van der Waals surface area contributed by atoms with Crippen molar-refractivity contribution in [2.24, 2.45) is 0 Å². The smallest absolute Gasteiger partial charge is 0.279 e. The van der Waals surface area contributed by atoms with E-state index in [1.807, 2.05) is 6.07 Å². The van der Waals surface area contributed by atoms with Crippen LogP contribution in [0.2, 0.25) is 0 Å². The van der Waals surface area contributed by atoms with E-state index in [1.165, 1.54) is 4.68 Å². The second kappa shape index (κ2) is 3.66. The minimum atomic E-state index is -0.0602. The summed E-state index contributed by atoms with van der Waals surface area (Å²) in [6, 6.07) is 2.01. The summed E-state index contributed by atoms with van der Waals surface area (Å²) in [6.07, 6.45) is 3.39. The summed E-state index contributed by atoms with van der Waals surface area (Å²) >= 11 is 0. The number of hydrogen-bond donors (Lipinski definition) is 0. The van der Waals surface area contributed by atoms with E-state index >= 15 is 0 Å². The molecule has 0 unspecified atom stereocenters. The minimum Gasteiger partial charge on any atom is -0.279 e. The van der Waals surface area contributed by atoms with Crippen LogP contribution >= 0.6 is 0 Å². The molecular weight excluding hydrogens is 180 g/mol. The summed E-state index contributed by atoms with van der Waals surface area (Å²) in [5.41, 5.74) is -0.0602. The van der Waals surface area contributed by atoms with Crippen LogP contribution in [0.1, 0.15) is 25.1 Å². The number of nitriles is 1. The lowest BCUT2D eigenvalue weighted by Crippen LogP contribution is -2.26. The molecule has 14 heavy (non-hydrogen) atoms. The first-order valence-electron chi connectivity index (χ1n) is 4.86. The highest BCUT2D eigenvalue weighted by molar-refractivity contribution is 4.91. The lowest BCUT2D eigenvalue weighted by atomic mass is 10.2. The molecule has 0 N–H and O–H groups in total. The topological polar surface area (TPSA) is 63.6 Å². The predicted octanol–water partition coefficient (Wildman–Crippen LogP) is 0.295. The summed E-state index contributed by atoms with van der Waals surface area (Å²) in [7, 11) is 0. The number of rotatable bonds is 2. The van der Waals surface area contributed by atoms with E-state index in [4.69, 9.17) is 5.26 Å². The zero-order valence-electron chi connectivity index (χ0n) is 7.94. The van der Waals surface area contributed by atoms with Gasteiger partial charge in [-0.25, -0.2) is 9.48 Å². The number of nitrogens with zero attached hydrogens (tertiary/aromatic N) is 4. The van der Waals surface area contributed by atoms with Gasteiger partial charge in [0, 0.05) is 13.0 Å². The van der Waals surface area contributed by atoms with Gasteiger partial charge in [0.15, 0.2) is 0 Å². The number of hydrogen-bond acceptors (Lipinski definition) is 3. The zero-order chi connectivity index (χ0) is 9.97. The number of aryl methyl sites for hydroxylation is 2. The highest BCUT2D eigenvalue weighted by Gasteiger charge is 2.15. The molecule has 1 aliphatic rings. The van der Waals surface area contributed by atoms with Crippen LogP contribution in [0.25, 0.3) is 0 Å². The molecular formula is C9H12N4O. The molecule has 0 atom stereocenters. The van der Waals surface area contributed by atoms with E-state index in [9.17, 15) is 4.79 Å². The Labute approximate surface area is 81.6 Å². The van der Waals surface area contributed by atoms with Crippen molar-refractivity contribution in [3.63, 3.8) is 0 Å². The molecule has 1 aliphatic heterocycles. The third-order valence-corrected chi connectivity index (χ3v) is 2.47. The van der Waals surface area contributed by atoms with Crippen molar-refractivity contribution in [3.8, 4) is 6.07 Å². The van der Waals surface area contributed by atoms with Crippen LogP contribution in [0, 0.1) is 11.3 Å². The van der Waals surface area contributed by atoms with E-state index in [1.54, 1.807) is 4.57 Å². The minimum absolute atomic E-state index is 0.0602. The molecule has 0 saturated heterocycles. The first-order chi connectivity index (χ1) is 6.83. The highest BCUT2D eigenvalue weighted by atomic mass is 16.2. The first kappa shape index (κ1) is 9.00. The monoisotopic (exact) mass is 192 g/mol. The Morgan fingerprint density at radius 3 is 3.07 bits per heavy atom. The van der Waals surface area contributed by atoms with Gasteiger partial charge in [-0.2, -0.15) is 10.4 Å². The molecule has 0 bridgehead atoms. The van der Waals surface area contributed by atoms with Gasteiger partial charge in [-0.15, -0.1) is 0 Å². The van der Waals surface area contributed by atoms with Crippen molar-refractivity contribution in [1.82, 2.24) is 14.3 Å². The average molecular weight is 192 g/mol. The molecule has 0 radical (unpaired) electrons. The van der Waals surface area contributed by atoms with Gasteiger partial charge in [-0.05, 0) is 12.8 Å². The molecule has 1 aromatic rings. The molecule has 2 rings (SSSR count). The normalized spacial score (nSPS) is 14.8. The molecule has 0 amide bonds. The molecule has 0 aromatic carbocycles. The Morgan fingerprint density at radius 2 is 2.36 bits per heavy atom. The maximum absolute atomic E-state index is 11.7. The molecule has 5 nitrogen and oxygen atoms in total. The summed E-state index contributed by atoms with van der Waals surface area (Å²) in [5, 5.41) is 12.6. The van der Waals surface area contributed by atoms with Crippen molar-refractivity contribution < 1.29 is 0 Å². The molecule has 74 valence electrons. The van der Waals surface area contributed by atoms with E-state index in [2.05, 4.69) is 5.10 Å². The first-order valence-corrected chi connectivity index (χ1v) is 4.86. The number of fused-ring (bicyclic) bond motifs is 1. The molecule has 0 aliphatic carbocycles. The maximum Gasteiger partial charge on any atom is 0.345 e. The van der Waals surface area contributed by atoms with Crippen molar-refractivity contribution in [3.05, 3.63) is 16.3 Å². The Kier molecular flexibility index (Phi) is 2.35. The predicted molar refractivity (Wildman–Crippen MR) is 49.7 cm³/mol. The van der Waals surface area contributed by atoms with Crippen molar-refractivity contribution in [2.45, 2.75) is 38.8 Å². The van der Waals surface area contributed by atoms with Crippen LogP contribution in [-0.2, 0) is 19.5 Å². The maximum atomic E-state index is 11.7. The van der Waals surface area contributed by atoms with Gasteiger partial charge >= 0.3 is 5.69 Å². The molecule has 0 fully saturated rings. The van der Waals surface area contributed by atoms with Gasteiger partial charge < -0.3 is 0 Å². The van der Waals surface area contributed by atoms with Gasteiger partial charge in [-0.3, -0.25) is 4.57 Å². The van der Waals surface area contributed by atoms with E-state index < -0.39 is 0 Å². The molecule has 2 heterocycles. The van der Waals surface area contributed by atoms with Crippen molar-refractivity contribution in [1.29, 1.82) is 5.26 Å². The van der Waals surface area contributed by atoms with Crippen LogP contribution in [0.4, 0.5) is 0 Å². The van der Waals surface area contributed by atoms with Crippen LogP contribution < -0.4 is 5.69 Å². The molecule has 1 aromatic heterocycles. The Bertz CT molecular complexity index is 423. The molecule has 0 saturated carbocycles. The van der Waals surface area contributed by atoms with Crippen LogP contribution in [0.5, 0.6) is 0 Å². The van der Waals surface area contributed by atoms with E-state index in [0.717, 1.165) is 31.6 Å². The third kappa shape index (κ3) is 1.43. The van der Waals surface area contributed by atoms with Crippen molar-refractivity contribution in [2.75, 3.05) is 0 Å². The molecule has 0 spiro atoms. The highest BCUT2D eigenvalue weighted by Crippen LogP contribution is 2.09. The van der Waals surface area contributed by atoms with Gasteiger partial charge in [0.25, 0.3) is 0 Å². The Hall–Kier alpha value is -1.57. The van der Waals surface area contributed by atoms with Crippen LogP contribution in [0.15, 0.2) is 4.79 Å². The van der Waals surface area contributed by atoms with Gasteiger partial charge in [0.2, 0.25) is 0 Å². The van der Waals surface area contributed by atoms with Crippen LogP contribution in [-0.4, -0.2) is 14.3 Å². The molecule has 5 heteroatoms. The van der Waals surface area contributed by atoms with Gasteiger partial charge in [-0.1, -0.05) is 0 Å². The third-order valence-electron chi connectivity index (χ3n) is 2.47. The van der Waals surface area contributed by atoms with Gasteiger partial charge in [0.1, 0.15) is 5.82 Å². The average Bonchev–Trinajstić information content (AvgIpc) is 2.54. The van der Waals surface area contributed by atoms with Gasteiger partial charge in [0.05, 0.1) is 19.0 Å². The van der Waals surface area contributed by atoms with E-state index in [-0.39, 0.29) is 5.69 Å². The summed E-state index contributed by atoms with van der Waals surface area (Å²) in [4.78, 5) is 11.7. The zero-order valence-corrected chi connectivity index (χ0v) is 7.94. The fraction of sp³-hybridized carbons (Fsp3) is 0.667. The lowest BCUT2D eigenvalue weighted by Gasteiger charge is -2.09. The number of aromatic nitrogens is 3. The fourth-order valence-corrected chi connectivity index (χ4v) is 1.75. The standard InChI is InChI=1S/C9H12N4O/c10-5-3-7-13-9(14)12-6-2-1-4-8(12)11-13/h1-4,6-7H2.